The molecule has 2 atom stereocenters. The number of aliphatic hydroxyl groups is 1. The highest BCUT2D eigenvalue weighted by molar-refractivity contribution is 5.78. The molecule has 1 amide bonds. The van der Waals surface area contributed by atoms with Crippen molar-refractivity contribution < 1.29 is 9.90 Å². The van der Waals surface area contributed by atoms with Crippen LogP contribution >= 0.6 is 0 Å². The van der Waals surface area contributed by atoms with Crippen LogP contribution in [0.3, 0.4) is 0 Å². The third kappa shape index (κ3) is 4.43. The number of piperazine rings is 1. The molecule has 5 nitrogen and oxygen atoms in total. The molecule has 0 aromatic rings. The first-order chi connectivity index (χ1) is 9.47. The van der Waals surface area contributed by atoms with Gasteiger partial charge in [0.05, 0.1) is 6.10 Å². The maximum absolute atomic E-state index is 12.2. The standard InChI is InChI=1S/C15H29N3O2/c1-12(13-4-5-13)15(20)17(3)10-14(19)11-18-8-6-16(2)7-9-18/h12-14,19H,4-11H2,1-3H3. The molecule has 0 spiro atoms. The van der Waals surface area contributed by atoms with Gasteiger partial charge in [-0.3, -0.25) is 9.69 Å². The molecule has 0 radical (unpaired) electrons. The van der Waals surface area contributed by atoms with Gasteiger partial charge in [-0.25, -0.2) is 0 Å². The fourth-order valence-electron chi connectivity index (χ4n) is 2.94. The molecule has 1 saturated heterocycles. The molecule has 1 aliphatic carbocycles. The maximum Gasteiger partial charge on any atom is 0.225 e. The number of carbonyl (C=O) groups excluding carboxylic acids is 1. The third-order valence-electron chi connectivity index (χ3n) is 4.64. The lowest BCUT2D eigenvalue weighted by Crippen LogP contribution is -2.49. The van der Waals surface area contributed by atoms with Gasteiger partial charge in [-0.1, -0.05) is 6.92 Å². The Morgan fingerprint density at radius 3 is 2.45 bits per heavy atom. The fourth-order valence-corrected chi connectivity index (χ4v) is 2.94. The summed E-state index contributed by atoms with van der Waals surface area (Å²) in [7, 11) is 3.94. The van der Waals surface area contributed by atoms with Gasteiger partial charge >= 0.3 is 0 Å². The van der Waals surface area contributed by atoms with E-state index in [0.29, 0.717) is 19.0 Å². The Bertz CT molecular complexity index is 325. The van der Waals surface area contributed by atoms with Crippen LogP contribution in [0.25, 0.3) is 0 Å². The van der Waals surface area contributed by atoms with E-state index >= 15 is 0 Å². The van der Waals surface area contributed by atoms with Crippen LogP contribution in [0.4, 0.5) is 0 Å². The van der Waals surface area contributed by atoms with Crippen molar-refractivity contribution >= 4 is 5.91 Å². The molecular formula is C15H29N3O2. The Morgan fingerprint density at radius 1 is 1.30 bits per heavy atom. The van der Waals surface area contributed by atoms with Gasteiger partial charge in [0.15, 0.2) is 0 Å². The normalized spacial score (nSPS) is 24.4. The molecule has 0 aromatic heterocycles. The smallest absolute Gasteiger partial charge is 0.225 e. The van der Waals surface area contributed by atoms with Crippen molar-refractivity contribution in [2.75, 3.05) is 53.4 Å². The highest BCUT2D eigenvalue weighted by atomic mass is 16.3. The molecule has 5 heteroatoms. The van der Waals surface area contributed by atoms with Gasteiger partial charge in [0.1, 0.15) is 0 Å². The van der Waals surface area contributed by atoms with Crippen molar-refractivity contribution in [1.29, 1.82) is 0 Å². The maximum atomic E-state index is 12.2. The Balaban J connectivity index is 1.70. The summed E-state index contributed by atoms with van der Waals surface area (Å²) in [6, 6.07) is 0. The van der Waals surface area contributed by atoms with E-state index in [2.05, 4.69) is 16.8 Å². The minimum atomic E-state index is -0.446. The van der Waals surface area contributed by atoms with Crippen LogP contribution in [0.15, 0.2) is 0 Å². The fraction of sp³-hybridized carbons (Fsp3) is 0.933. The zero-order chi connectivity index (χ0) is 14.7. The number of β-amino-alcohol motifs (C(OH)–C–C–N with tert-alkyl or cyclic N) is 1. The number of likely N-dealkylation sites (N-methyl/N-ethyl adjacent to an activating group) is 2. The monoisotopic (exact) mass is 283 g/mol. The largest absolute Gasteiger partial charge is 0.390 e. The van der Waals surface area contributed by atoms with Gasteiger partial charge in [0.25, 0.3) is 0 Å². The van der Waals surface area contributed by atoms with Crippen molar-refractivity contribution in [3.63, 3.8) is 0 Å². The summed E-state index contributed by atoms with van der Waals surface area (Å²) in [5.74, 6) is 0.889. The van der Waals surface area contributed by atoms with E-state index in [0.717, 1.165) is 26.2 Å². The number of nitrogens with zero attached hydrogens (tertiary/aromatic N) is 3. The van der Waals surface area contributed by atoms with Crippen molar-refractivity contribution in [2.24, 2.45) is 11.8 Å². The molecular weight excluding hydrogens is 254 g/mol. The first-order valence-electron chi connectivity index (χ1n) is 7.81. The second-order valence-corrected chi connectivity index (χ2v) is 6.60. The first-order valence-corrected chi connectivity index (χ1v) is 7.81. The predicted molar refractivity (Wildman–Crippen MR) is 79.5 cm³/mol. The second kappa shape index (κ2) is 6.87. The van der Waals surface area contributed by atoms with Crippen LogP contribution in [-0.2, 0) is 4.79 Å². The summed E-state index contributed by atoms with van der Waals surface area (Å²) in [6.07, 6.45) is 1.92. The highest BCUT2D eigenvalue weighted by Crippen LogP contribution is 2.37. The number of carbonyl (C=O) groups is 1. The van der Waals surface area contributed by atoms with Crippen LogP contribution in [0, 0.1) is 11.8 Å². The van der Waals surface area contributed by atoms with Crippen LogP contribution in [-0.4, -0.2) is 85.2 Å². The first kappa shape index (κ1) is 15.7. The van der Waals surface area contributed by atoms with E-state index in [1.807, 2.05) is 14.0 Å². The van der Waals surface area contributed by atoms with Crippen LogP contribution < -0.4 is 0 Å². The van der Waals surface area contributed by atoms with Gasteiger partial charge in [0, 0.05) is 52.2 Å². The van der Waals surface area contributed by atoms with Gasteiger partial charge in [-0.15, -0.1) is 0 Å². The number of hydrogen-bond donors (Lipinski definition) is 1. The second-order valence-electron chi connectivity index (χ2n) is 6.60. The molecule has 20 heavy (non-hydrogen) atoms. The van der Waals surface area contributed by atoms with Gasteiger partial charge in [-0.2, -0.15) is 0 Å². The predicted octanol–water partition coefficient (Wildman–Crippen LogP) is 0.0992. The lowest BCUT2D eigenvalue weighted by atomic mass is 10.1. The Hall–Kier alpha value is -0.650. The molecule has 1 saturated carbocycles. The summed E-state index contributed by atoms with van der Waals surface area (Å²) in [5, 5.41) is 10.2. The molecule has 2 fully saturated rings. The topological polar surface area (TPSA) is 47.0 Å². The SMILES string of the molecule is CC(C(=O)N(C)CC(O)CN1CCN(C)CC1)C1CC1. The lowest BCUT2D eigenvalue weighted by Gasteiger charge is -2.34. The Labute approximate surface area is 122 Å². The van der Waals surface area contributed by atoms with Crippen LogP contribution in [0.1, 0.15) is 19.8 Å². The van der Waals surface area contributed by atoms with E-state index < -0.39 is 6.10 Å². The molecule has 2 unspecified atom stereocenters. The summed E-state index contributed by atoms with van der Waals surface area (Å²) in [4.78, 5) is 18.5. The summed E-state index contributed by atoms with van der Waals surface area (Å²) < 4.78 is 0. The molecule has 1 N–H and O–H groups in total. The molecule has 0 bridgehead atoms. The average Bonchev–Trinajstić information content (AvgIpc) is 3.24. The summed E-state index contributed by atoms with van der Waals surface area (Å²) in [6.45, 7) is 7.25. The van der Waals surface area contributed by atoms with Crippen molar-refractivity contribution in [1.82, 2.24) is 14.7 Å². The number of aliphatic hydroxyl groups excluding tert-OH is 1. The van der Waals surface area contributed by atoms with Gasteiger partial charge < -0.3 is 14.9 Å². The summed E-state index contributed by atoms with van der Waals surface area (Å²) >= 11 is 0. The van der Waals surface area contributed by atoms with Gasteiger partial charge in [-0.05, 0) is 25.8 Å². The zero-order valence-corrected chi connectivity index (χ0v) is 13.1. The van der Waals surface area contributed by atoms with Crippen LogP contribution in [0.2, 0.25) is 0 Å². The molecule has 0 aromatic carbocycles. The van der Waals surface area contributed by atoms with E-state index in [1.165, 1.54) is 12.8 Å². The molecule has 2 aliphatic rings. The molecule has 1 aliphatic heterocycles. The van der Waals surface area contributed by atoms with E-state index in [4.69, 9.17) is 0 Å². The molecule has 2 rings (SSSR count). The Morgan fingerprint density at radius 2 is 1.90 bits per heavy atom. The van der Waals surface area contributed by atoms with Gasteiger partial charge in [0.2, 0.25) is 5.91 Å². The molecule has 1 heterocycles. The van der Waals surface area contributed by atoms with Crippen molar-refractivity contribution in [3.8, 4) is 0 Å². The van der Waals surface area contributed by atoms with Crippen LogP contribution in [0.5, 0.6) is 0 Å². The lowest BCUT2D eigenvalue weighted by molar-refractivity contribution is -0.135. The van der Waals surface area contributed by atoms with E-state index in [9.17, 15) is 9.90 Å². The van der Waals surface area contributed by atoms with Crippen molar-refractivity contribution in [3.05, 3.63) is 0 Å². The number of hydrogen-bond acceptors (Lipinski definition) is 4. The quantitative estimate of drug-likeness (QED) is 0.751. The van der Waals surface area contributed by atoms with E-state index in [1.54, 1.807) is 4.90 Å². The zero-order valence-electron chi connectivity index (χ0n) is 13.1. The Kier molecular flexibility index (Phi) is 5.41. The molecule has 116 valence electrons. The third-order valence-corrected chi connectivity index (χ3v) is 4.64. The number of rotatable bonds is 6. The summed E-state index contributed by atoms with van der Waals surface area (Å²) in [5.41, 5.74) is 0. The minimum absolute atomic E-state index is 0.121. The highest BCUT2D eigenvalue weighted by Gasteiger charge is 2.34. The van der Waals surface area contributed by atoms with E-state index in [-0.39, 0.29) is 11.8 Å². The average molecular weight is 283 g/mol. The van der Waals surface area contributed by atoms with Crippen molar-refractivity contribution in [2.45, 2.75) is 25.9 Å². The minimum Gasteiger partial charge on any atom is -0.390 e. The number of amides is 1.